The maximum atomic E-state index is 13.0. The smallest absolute Gasteiger partial charge is 0.226 e. The molecule has 4 unspecified atom stereocenters. The van der Waals surface area contributed by atoms with Gasteiger partial charge in [0.05, 0.1) is 0 Å². The molecule has 3 fully saturated rings. The van der Waals surface area contributed by atoms with E-state index in [-0.39, 0.29) is 5.41 Å². The van der Waals surface area contributed by atoms with Crippen LogP contribution in [0, 0.1) is 22.7 Å². The number of fused-ring (bicyclic) bond motifs is 2. The summed E-state index contributed by atoms with van der Waals surface area (Å²) in [5, 5.41) is 6.77. The summed E-state index contributed by atoms with van der Waals surface area (Å²) in [6.45, 7) is 9.08. The first-order valence-electron chi connectivity index (χ1n) is 9.46. The van der Waals surface area contributed by atoms with E-state index in [1.807, 2.05) is 0 Å². The Labute approximate surface area is 136 Å². The normalized spacial score (nSPS) is 42.9. The van der Waals surface area contributed by atoms with Crippen molar-refractivity contribution < 1.29 is 4.79 Å². The van der Waals surface area contributed by atoms with Crippen molar-refractivity contribution in [3.63, 3.8) is 0 Å². The second-order valence-corrected chi connectivity index (χ2v) is 8.91. The molecule has 0 aromatic heterocycles. The zero-order valence-electron chi connectivity index (χ0n) is 14.7. The summed E-state index contributed by atoms with van der Waals surface area (Å²) in [4.78, 5) is 13.0. The number of piperidine rings is 1. The Hall–Kier alpha value is -0.570. The molecule has 0 aromatic carbocycles. The highest BCUT2D eigenvalue weighted by Gasteiger charge is 2.51. The molecule has 2 bridgehead atoms. The van der Waals surface area contributed by atoms with Gasteiger partial charge in [0.1, 0.15) is 0 Å². The van der Waals surface area contributed by atoms with Gasteiger partial charge in [0, 0.05) is 11.5 Å². The highest BCUT2D eigenvalue weighted by molar-refractivity contribution is 5.82. The quantitative estimate of drug-likeness (QED) is 0.838. The minimum atomic E-state index is -0.135. The van der Waals surface area contributed by atoms with Crippen molar-refractivity contribution in [2.24, 2.45) is 22.7 Å². The molecular weight excluding hydrogens is 272 g/mol. The van der Waals surface area contributed by atoms with Crippen molar-refractivity contribution in [1.82, 2.24) is 10.6 Å². The molecule has 0 spiro atoms. The fourth-order valence-corrected chi connectivity index (χ4v) is 5.92. The number of carbonyl (C=O) groups is 1. The van der Waals surface area contributed by atoms with Crippen molar-refractivity contribution in [1.29, 1.82) is 0 Å². The second kappa shape index (κ2) is 6.14. The maximum Gasteiger partial charge on any atom is 0.226 e. The van der Waals surface area contributed by atoms with Gasteiger partial charge in [-0.15, -0.1) is 0 Å². The Morgan fingerprint density at radius 2 is 1.95 bits per heavy atom. The van der Waals surface area contributed by atoms with Crippen LogP contribution in [0.25, 0.3) is 0 Å². The Bertz CT molecular complexity index is 414. The summed E-state index contributed by atoms with van der Waals surface area (Å²) in [6.07, 6.45) is 9.65. The third-order valence-electron chi connectivity index (χ3n) is 6.72. The van der Waals surface area contributed by atoms with Crippen LogP contribution >= 0.6 is 0 Å². The lowest BCUT2D eigenvalue weighted by Gasteiger charge is -2.54. The van der Waals surface area contributed by atoms with Gasteiger partial charge in [-0.1, -0.05) is 27.2 Å². The van der Waals surface area contributed by atoms with Gasteiger partial charge in [-0.05, 0) is 75.3 Å². The molecule has 3 heteroatoms. The van der Waals surface area contributed by atoms with E-state index < -0.39 is 0 Å². The minimum Gasteiger partial charge on any atom is -0.353 e. The number of carbonyl (C=O) groups excluding carboxylic acids is 1. The van der Waals surface area contributed by atoms with E-state index in [1.54, 1.807) is 0 Å². The number of nitrogens with one attached hydrogen (secondary N) is 2. The van der Waals surface area contributed by atoms with Crippen LogP contribution in [0.5, 0.6) is 0 Å². The van der Waals surface area contributed by atoms with Crippen LogP contribution in [0.2, 0.25) is 0 Å². The standard InChI is InChI=1S/C19H34N2O/c1-4-19-10-14(2)9-15(12-19)11-18(3,13-19)17(22)21-16-5-7-20-8-6-16/h14-16,20H,4-13H2,1-3H3,(H,21,22). The zero-order valence-corrected chi connectivity index (χ0v) is 14.7. The van der Waals surface area contributed by atoms with E-state index in [4.69, 9.17) is 0 Å². The van der Waals surface area contributed by atoms with Gasteiger partial charge in [-0.2, -0.15) is 0 Å². The van der Waals surface area contributed by atoms with Crippen molar-refractivity contribution in [2.45, 2.75) is 78.2 Å². The Kier molecular flexibility index (Phi) is 4.55. The monoisotopic (exact) mass is 306 g/mol. The van der Waals surface area contributed by atoms with E-state index >= 15 is 0 Å². The van der Waals surface area contributed by atoms with E-state index in [0.29, 0.717) is 17.4 Å². The van der Waals surface area contributed by atoms with Crippen molar-refractivity contribution in [3.05, 3.63) is 0 Å². The van der Waals surface area contributed by atoms with Gasteiger partial charge >= 0.3 is 0 Å². The first kappa shape index (κ1) is 16.3. The van der Waals surface area contributed by atoms with Gasteiger partial charge in [0.25, 0.3) is 0 Å². The molecule has 0 radical (unpaired) electrons. The number of hydrogen-bond acceptors (Lipinski definition) is 2. The third-order valence-corrected chi connectivity index (χ3v) is 6.72. The fraction of sp³-hybridized carbons (Fsp3) is 0.947. The Morgan fingerprint density at radius 1 is 1.23 bits per heavy atom. The first-order chi connectivity index (χ1) is 10.4. The highest BCUT2D eigenvalue weighted by Crippen LogP contribution is 2.58. The molecular formula is C19H34N2O. The lowest BCUT2D eigenvalue weighted by atomic mass is 9.51. The molecule has 126 valence electrons. The molecule has 1 saturated heterocycles. The summed E-state index contributed by atoms with van der Waals surface area (Å²) in [5.41, 5.74) is 0.296. The molecule has 3 rings (SSSR count). The average molecular weight is 306 g/mol. The predicted molar refractivity (Wildman–Crippen MR) is 90.6 cm³/mol. The van der Waals surface area contributed by atoms with E-state index in [0.717, 1.165) is 50.6 Å². The molecule has 1 amide bonds. The molecule has 0 aromatic rings. The van der Waals surface area contributed by atoms with Crippen molar-refractivity contribution in [2.75, 3.05) is 13.1 Å². The van der Waals surface area contributed by atoms with Crippen LogP contribution in [0.1, 0.15) is 72.1 Å². The molecule has 2 aliphatic carbocycles. The fourth-order valence-electron chi connectivity index (χ4n) is 5.92. The Morgan fingerprint density at radius 3 is 2.64 bits per heavy atom. The topological polar surface area (TPSA) is 41.1 Å². The second-order valence-electron chi connectivity index (χ2n) is 8.91. The number of hydrogen-bond donors (Lipinski definition) is 2. The van der Waals surface area contributed by atoms with E-state index in [2.05, 4.69) is 31.4 Å². The predicted octanol–water partition coefficient (Wildman–Crippen LogP) is 3.49. The van der Waals surface area contributed by atoms with Crippen LogP contribution in [0.15, 0.2) is 0 Å². The molecule has 1 heterocycles. The van der Waals surface area contributed by atoms with E-state index in [9.17, 15) is 4.79 Å². The average Bonchev–Trinajstić information content (AvgIpc) is 2.46. The molecule has 1 aliphatic heterocycles. The summed E-state index contributed by atoms with van der Waals surface area (Å²) >= 11 is 0. The largest absolute Gasteiger partial charge is 0.353 e. The third kappa shape index (κ3) is 3.20. The van der Waals surface area contributed by atoms with Crippen LogP contribution in [-0.2, 0) is 4.79 Å². The molecule has 4 atom stereocenters. The van der Waals surface area contributed by atoms with Crippen molar-refractivity contribution in [3.8, 4) is 0 Å². The first-order valence-corrected chi connectivity index (χ1v) is 9.46. The zero-order chi connectivity index (χ0) is 15.8. The lowest BCUT2D eigenvalue weighted by molar-refractivity contribution is -0.140. The molecule has 2 saturated carbocycles. The van der Waals surface area contributed by atoms with Gasteiger partial charge in [0.2, 0.25) is 5.91 Å². The maximum absolute atomic E-state index is 13.0. The summed E-state index contributed by atoms with van der Waals surface area (Å²) in [7, 11) is 0. The number of rotatable bonds is 3. The Balaban J connectivity index is 1.70. The van der Waals surface area contributed by atoms with Gasteiger partial charge in [-0.25, -0.2) is 0 Å². The lowest BCUT2D eigenvalue weighted by Crippen LogP contribution is -2.53. The van der Waals surface area contributed by atoms with Gasteiger partial charge < -0.3 is 10.6 Å². The molecule has 22 heavy (non-hydrogen) atoms. The van der Waals surface area contributed by atoms with Crippen LogP contribution in [-0.4, -0.2) is 25.0 Å². The minimum absolute atomic E-state index is 0.135. The number of amides is 1. The SMILES string of the molecule is CCC12CC(C)CC(C1)CC(C)(C(=O)NC1CCNCC1)C2. The molecule has 3 aliphatic rings. The van der Waals surface area contributed by atoms with E-state index in [1.165, 1.54) is 25.7 Å². The van der Waals surface area contributed by atoms with Crippen molar-refractivity contribution >= 4 is 5.91 Å². The summed E-state index contributed by atoms with van der Waals surface area (Å²) in [6, 6.07) is 0.392. The summed E-state index contributed by atoms with van der Waals surface area (Å²) in [5.74, 6) is 1.95. The molecule has 2 N–H and O–H groups in total. The van der Waals surface area contributed by atoms with Crippen LogP contribution in [0.4, 0.5) is 0 Å². The van der Waals surface area contributed by atoms with Gasteiger partial charge in [-0.3, -0.25) is 4.79 Å². The molecule has 3 nitrogen and oxygen atoms in total. The highest BCUT2D eigenvalue weighted by atomic mass is 16.2. The van der Waals surface area contributed by atoms with Gasteiger partial charge in [0.15, 0.2) is 0 Å². The van der Waals surface area contributed by atoms with Crippen LogP contribution < -0.4 is 10.6 Å². The van der Waals surface area contributed by atoms with Crippen LogP contribution in [0.3, 0.4) is 0 Å². The summed E-state index contributed by atoms with van der Waals surface area (Å²) < 4.78 is 0.